The lowest BCUT2D eigenvalue weighted by Crippen LogP contribution is -2.06. The fourth-order valence-electron chi connectivity index (χ4n) is 3.37. The lowest BCUT2D eigenvalue weighted by molar-refractivity contribution is -0.137. The highest BCUT2D eigenvalue weighted by molar-refractivity contribution is 5.66. The van der Waals surface area contributed by atoms with Crippen molar-refractivity contribution in [1.82, 2.24) is 0 Å². The van der Waals surface area contributed by atoms with E-state index in [0.717, 1.165) is 24.7 Å². The van der Waals surface area contributed by atoms with Crippen molar-refractivity contribution < 1.29 is 9.90 Å². The number of aliphatic carboxylic acids is 1. The molecule has 2 unspecified atom stereocenters. The van der Waals surface area contributed by atoms with Crippen LogP contribution in [0.15, 0.2) is 0 Å². The van der Waals surface area contributed by atoms with E-state index in [0.29, 0.717) is 6.42 Å². The van der Waals surface area contributed by atoms with Gasteiger partial charge in [0.2, 0.25) is 0 Å². The molecule has 0 aliphatic carbocycles. The van der Waals surface area contributed by atoms with Crippen LogP contribution >= 0.6 is 0 Å². The van der Waals surface area contributed by atoms with E-state index in [-0.39, 0.29) is 0 Å². The third-order valence-corrected chi connectivity index (χ3v) is 5.67. The topological polar surface area (TPSA) is 37.3 Å². The van der Waals surface area contributed by atoms with Crippen molar-refractivity contribution >= 4 is 5.97 Å². The molecule has 0 rings (SSSR count). The molecule has 0 aliphatic rings. The summed E-state index contributed by atoms with van der Waals surface area (Å²) in [7, 11) is 0. The smallest absolute Gasteiger partial charge is 0.303 e. The van der Waals surface area contributed by atoms with Gasteiger partial charge < -0.3 is 5.11 Å². The molecule has 2 nitrogen and oxygen atoms in total. The standard InChI is InChI=1S/C22H44O2/c1-4-20(2)21(3)18-16-14-12-10-8-6-5-7-9-11-13-15-17-19-22(23)24/h20-21H,4-19H2,1-3H3,(H,23,24). The highest BCUT2D eigenvalue weighted by Gasteiger charge is 2.08. The van der Waals surface area contributed by atoms with Crippen molar-refractivity contribution in [2.45, 2.75) is 124 Å². The summed E-state index contributed by atoms with van der Waals surface area (Å²) in [6.07, 6.45) is 20.1. The van der Waals surface area contributed by atoms with Gasteiger partial charge in [-0.3, -0.25) is 4.79 Å². The molecule has 0 aromatic carbocycles. The van der Waals surface area contributed by atoms with Gasteiger partial charge in [-0.2, -0.15) is 0 Å². The summed E-state index contributed by atoms with van der Waals surface area (Å²) >= 11 is 0. The van der Waals surface area contributed by atoms with Crippen molar-refractivity contribution in [2.24, 2.45) is 11.8 Å². The molecule has 2 heteroatoms. The first kappa shape index (κ1) is 23.5. The van der Waals surface area contributed by atoms with Gasteiger partial charge >= 0.3 is 5.97 Å². The van der Waals surface area contributed by atoms with Gasteiger partial charge in [0.15, 0.2) is 0 Å². The molecule has 0 bridgehead atoms. The third-order valence-electron chi connectivity index (χ3n) is 5.67. The molecule has 0 saturated carbocycles. The van der Waals surface area contributed by atoms with Gasteiger partial charge in [-0.1, -0.05) is 111 Å². The van der Waals surface area contributed by atoms with E-state index in [4.69, 9.17) is 5.11 Å². The zero-order valence-corrected chi connectivity index (χ0v) is 16.8. The van der Waals surface area contributed by atoms with Gasteiger partial charge in [-0.15, -0.1) is 0 Å². The van der Waals surface area contributed by atoms with E-state index < -0.39 is 5.97 Å². The lowest BCUT2D eigenvalue weighted by Gasteiger charge is -2.17. The Labute approximate surface area is 151 Å². The van der Waals surface area contributed by atoms with E-state index in [1.165, 1.54) is 83.5 Å². The van der Waals surface area contributed by atoms with Crippen LogP contribution in [0.4, 0.5) is 0 Å². The summed E-state index contributed by atoms with van der Waals surface area (Å²) in [6, 6.07) is 0. The van der Waals surface area contributed by atoms with Gasteiger partial charge in [0, 0.05) is 6.42 Å². The Balaban J connectivity index is 3.11. The second-order valence-electron chi connectivity index (χ2n) is 7.89. The van der Waals surface area contributed by atoms with Crippen LogP contribution in [-0.4, -0.2) is 11.1 Å². The number of carboxylic acids is 1. The molecule has 144 valence electrons. The second-order valence-corrected chi connectivity index (χ2v) is 7.89. The maximum absolute atomic E-state index is 10.4. The lowest BCUT2D eigenvalue weighted by atomic mass is 9.89. The molecule has 24 heavy (non-hydrogen) atoms. The first-order valence-electron chi connectivity index (χ1n) is 10.8. The minimum absolute atomic E-state index is 0.344. The number of hydrogen-bond donors (Lipinski definition) is 1. The molecule has 0 fully saturated rings. The molecule has 0 aromatic heterocycles. The third kappa shape index (κ3) is 16.3. The Kier molecular flexibility index (Phi) is 16.9. The molecule has 0 saturated heterocycles. The van der Waals surface area contributed by atoms with Crippen molar-refractivity contribution in [3.05, 3.63) is 0 Å². The molecular weight excluding hydrogens is 296 g/mol. The summed E-state index contributed by atoms with van der Waals surface area (Å²) in [5.41, 5.74) is 0. The number of carbonyl (C=O) groups is 1. The molecular formula is C22H44O2. The van der Waals surface area contributed by atoms with Crippen LogP contribution in [-0.2, 0) is 4.79 Å². The maximum Gasteiger partial charge on any atom is 0.303 e. The first-order valence-corrected chi connectivity index (χ1v) is 10.8. The fraction of sp³-hybridized carbons (Fsp3) is 0.955. The minimum Gasteiger partial charge on any atom is -0.481 e. The fourth-order valence-corrected chi connectivity index (χ4v) is 3.37. The van der Waals surface area contributed by atoms with E-state index in [9.17, 15) is 4.79 Å². The van der Waals surface area contributed by atoms with E-state index >= 15 is 0 Å². The van der Waals surface area contributed by atoms with E-state index in [1.54, 1.807) is 0 Å². The molecule has 0 amide bonds. The van der Waals surface area contributed by atoms with Crippen molar-refractivity contribution in [2.75, 3.05) is 0 Å². The Hall–Kier alpha value is -0.530. The van der Waals surface area contributed by atoms with Crippen LogP contribution in [0.3, 0.4) is 0 Å². The zero-order valence-electron chi connectivity index (χ0n) is 16.8. The average molecular weight is 341 g/mol. The number of hydrogen-bond acceptors (Lipinski definition) is 1. The van der Waals surface area contributed by atoms with Crippen LogP contribution in [0.2, 0.25) is 0 Å². The molecule has 2 atom stereocenters. The molecule has 0 aliphatic heterocycles. The largest absolute Gasteiger partial charge is 0.481 e. The minimum atomic E-state index is -0.653. The van der Waals surface area contributed by atoms with Gasteiger partial charge in [-0.25, -0.2) is 0 Å². The van der Waals surface area contributed by atoms with Gasteiger partial charge in [0.25, 0.3) is 0 Å². The predicted molar refractivity (Wildman–Crippen MR) is 106 cm³/mol. The van der Waals surface area contributed by atoms with Crippen LogP contribution in [0.5, 0.6) is 0 Å². The Bertz CT molecular complexity index is 275. The maximum atomic E-state index is 10.4. The molecule has 1 N–H and O–H groups in total. The Morgan fingerprint density at radius 3 is 1.42 bits per heavy atom. The number of unbranched alkanes of at least 4 members (excludes halogenated alkanes) is 12. The summed E-state index contributed by atoms with van der Waals surface area (Å²) in [5.74, 6) is 1.14. The molecule has 0 aromatic rings. The zero-order chi connectivity index (χ0) is 18.0. The predicted octanol–water partition coefficient (Wildman–Crippen LogP) is 7.60. The highest BCUT2D eigenvalue weighted by atomic mass is 16.4. The van der Waals surface area contributed by atoms with Crippen LogP contribution < -0.4 is 0 Å². The molecule has 0 heterocycles. The summed E-state index contributed by atoms with van der Waals surface area (Å²) in [4.78, 5) is 10.4. The van der Waals surface area contributed by atoms with Crippen molar-refractivity contribution in [3.63, 3.8) is 0 Å². The van der Waals surface area contributed by atoms with Gasteiger partial charge in [0.05, 0.1) is 0 Å². The second kappa shape index (κ2) is 17.3. The molecule has 0 radical (unpaired) electrons. The molecule has 0 spiro atoms. The Morgan fingerprint density at radius 2 is 1.04 bits per heavy atom. The van der Waals surface area contributed by atoms with E-state index in [1.807, 2.05) is 0 Å². The van der Waals surface area contributed by atoms with Gasteiger partial charge in [-0.05, 0) is 18.3 Å². The van der Waals surface area contributed by atoms with Crippen LogP contribution in [0.25, 0.3) is 0 Å². The van der Waals surface area contributed by atoms with Crippen LogP contribution in [0, 0.1) is 11.8 Å². The van der Waals surface area contributed by atoms with Gasteiger partial charge in [0.1, 0.15) is 0 Å². The summed E-state index contributed by atoms with van der Waals surface area (Å²) in [5, 5.41) is 8.56. The number of carboxylic acid groups (broad SMARTS) is 1. The summed E-state index contributed by atoms with van der Waals surface area (Å²) < 4.78 is 0. The number of rotatable bonds is 18. The monoisotopic (exact) mass is 340 g/mol. The quantitative estimate of drug-likeness (QED) is 0.261. The first-order chi connectivity index (χ1) is 11.6. The van der Waals surface area contributed by atoms with Crippen molar-refractivity contribution in [1.29, 1.82) is 0 Å². The Morgan fingerprint density at radius 1 is 0.667 bits per heavy atom. The average Bonchev–Trinajstić information content (AvgIpc) is 2.57. The van der Waals surface area contributed by atoms with Crippen molar-refractivity contribution in [3.8, 4) is 0 Å². The SMILES string of the molecule is CCC(C)C(C)CCCCCCCCCCCCCCCC(=O)O. The summed E-state index contributed by atoms with van der Waals surface area (Å²) in [6.45, 7) is 7.11. The van der Waals surface area contributed by atoms with E-state index in [2.05, 4.69) is 20.8 Å². The normalized spacial score (nSPS) is 13.8. The highest BCUT2D eigenvalue weighted by Crippen LogP contribution is 2.21. The van der Waals surface area contributed by atoms with Crippen LogP contribution in [0.1, 0.15) is 124 Å².